The number of anilines is 2. The van der Waals surface area contributed by atoms with Crippen LogP contribution in [0.4, 0.5) is 20.6 Å². The molecule has 23 heavy (non-hydrogen) atoms. The number of aryl methyl sites for hydroxylation is 1. The average Bonchev–Trinajstić information content (AvgIpc) is 2.57. The largest absolute Gasteiger partial charge is 0.368 e. The number of halogens is 1. The van der Waals surface area contributed by atoms with Crippen molar-refractivity contribution in [3.63, 3.8) is 0 Å². The summed E-state index contributed by atoms with van der Waals surface area (Å²) in [7, 11) is 0. The molecule has 0 unspecified atom stereocenters. The maximum absolute atomic E-state index is 13.3. The first-order chi connectivity index (χ1) is 11.1. The molecule has 0 aliphatic carbocycles. The summed E-state index contributed by atoms with van der Waals surface area (Å²) in [6.45, 7) is 4.65. The number of hydrogen-bond donors (Lipinski definition) is 1. The number of benzene rings is 2. The predicted molar refractivity (Wildman–Crippen MR) is 90.4 cm³/mol. The first-order valence-corrected chi connectivity index (χ1v) is 7.75. The van der Waals surface area contributed by atoms with Gasteiger partial charge >= 0.3 is 6.03 Å². The molecule has 0 spiro atoms. The molecule has 1 saturated heterocycles. The summed E-state index contributed by atoms with van der Waals surface area (Å²) in [6.07, 6.45) is 0. The molecule has 1 fully saturated rings. The maximum atomic E-state index is 13.3. The van der Waals surface area contributed by atoms with E-state index in [4.69, 9.17) is 0 Å². The standard InChI is InChI=1S/C18H20FN3O/c1-14-5-7-16(8-6-14)20-18(23)22-11-9-21(10-12-22)17-4-2-3-15(19)13-17/h2-8,13H,9-12H2,1H3,(H,20,23). The van der Waals surface area contributed by atoms with Crippen molar-refractivity contribution in [1.82, 2.24) is 4.90 Å². The molecule has 0 saturated carbocycles. The molecule has 0 aromatic heterocycles. The minimum absolute atomic E-state index is 0.0901. The van der Waals surface area contributed by atoms with E-state index in [1.54, 1.807) is 11.0 Å². The molecule has 0 bridgehead atoms. The number of nitrogens with zero attached hydrogens (tertiary/aromatic N) is 2. The zero-order chi connectivity index (χ0) is 16.2. The Morgan fingerprint density at radius 1 is 1.04 bits per heavy atom. The second-order valence-electron chi connectivity index (χ2n) is 5.75. The highest BCUT2D eigenvalue weighted by Crippen LogP contribution is 2.18. The Morgan fingerprint density at radius 3 is 2.39 bits per heavy atom. The second-order valence-corrected chi connectivity index (χ2v) is 5.75. The highest BCUT2D eigenvalue weighted by molar-refractivity contribution is 5.89. The van der Waals surface area contributed by atoms with Gasteiger partial charge in [0.15, 0.2) is 0 Å². The summed E-state index contributed by atoms with van der Waals surface area (Å²) in [5.41, 5.74) is 2.82. The molecule has 1 aliphatic rings. The minimum atomic E-state index is -0.234. The summed E-state index contributed by atoms with van der Waals surface area (Å²) in [5.74, 6) is -0.234. The van der Waals surface area contributed by atoms with Crippen molar-refractivity contribution < 1.29 is 9.18 Å². The highest BCUT2D eigenvalue weighted by atomic mass is 19.1. The Balaban J connectivity index is 1.56. The predicted octanol–water partition coefficient (Wildman–Crippen LogP) is 3.49. The van der Waals surface area contributed by atoms with Crippen molar-refractivity contribution in [3.8, 4) is 0 Å². The zero-order valence-electron chi connectivity index (χ0n) is 13.1. The van der Waals surface area contributed by atoms with Crippen LogP contribution in [0.3, 0.4) is 0 Å². The third-order valence-electron chi connectivity index (χ3n) is 4.04. The second kappa shape index (κ2) is 6.69. The summed E-state index contributed by atoms with van der Waals surface area (Å²) in [4.78, 5) is 16.2. The van der Waals surface area contributed by atoms with Crippen molar-refractivity contribution in [3.05, 3.63) is 59.9 Å². The van der Waals surface area contributed by atoms with E-state index in [2.05, 4.69) is 10.2 Å². The number of piperazine rings is 1. The fourth-order valence-electron chi connectivity index (χ4n) is 2.68. The topological polar surface area (TPSA) is 35.6 Å². The molecular weight excluding hydrogens is 293 g/mol. The van der Waals surface area contributed by atoms with Gasteiger partial charge in [0, 0.05) is 37.6 Å². The Labute approximate surface area is 135 Å². The lowest BCUT2D eigenvalue weighted by molar-refractivity contribution is 0.208. The van der Waals surface area contributed by atoms with Crippen molar-refractivity contribution in [2.24, 2.45) is 0 Å². The normalized spacial score (nSPS) is 14.7. The molecule has 1 aliphatic heterocycles. The molecule has 2 amide bonds. The van der Waals surface area contributed by atoms with E-state index in [0.717, 1.165) is 16.9 Å². The van der Waals surface area contributed by atoms with Crippen molar-refractivity contribution >= 4 is 17.4 Å². The van der Waals surface area contributed by atoms with Crippen LogP contribution >= 0.6 is 0 Å². The van der Waals surface area contributed by atoms with E-state index in [9.17, 15) is 9.18 Å². The van der Waals surface area contributed by atoms with Gasteiger partial charge in [0.25, 0.3) is 0 Å². The highest BCUT2D eigenvalue weighted by Gasteiger charge is 2.21. The Morgan fingerprint density at radius 2 is 1.74 bits per heavy atom. The van der Waals surface area contributed by atoms with Gasteiger partial charge in [0.05, 0.1) is 0 Å². The van der Waals surface area contributed by atoms with Crippen LogP contribution in [0, 0.1) is 12.7 Å². The SMILES string of the molecule is Cc1ccc(NC(=O)N2CCN(c3cccc(F)c3)CC2)cc1. The smallest absolute Gasteiger partial charge is 0.321 e. The van der Waals surface area contributed by atoms with Gasteiger partial charge in [-0.2, -0.15) is 0 Å². The lowest BCUT2D eigenvalue weighted by atomic mass is 10.2. The number of nitrogens with one attached hydrogen (secondary N) is 1. The van der Waals surface area contributed by atoms with Gasteiger partial charge in [0.1, 0.15) is 5.82 Å². The van der Waals surface area contributed by atoms with Crippen LogP contribution < -0.4 is 10.2 Å². The molecular formula is C18H20FN3O. The molecule has 4 nitrogen and oxygen atoms in total. The molecule has 120 valence electrons. The molecule has 0 atom stereocenters. The molecule has 0 radical (unpaired) electrons. The van der Waals surface area contributed by atoms with E-state index >= 15 is 0 Å². The monoisotopic (exact) mass is 313 g/mol. The third-order valence-corrected chi connectivity index (χ3v) is 4.04. The maximum Gasteiger partial charge on any atom is 0.321 e. The summed E-state index contributed by atoms with van der Waals surface area (Å²) < 4.78 is 13.3. The van der Waals surface area contributed by atoms with Gasteiger partial charge in [0.2, 0.25) is 0 Å². The summed E-state index contributed by atoms with van der Waals surface area (Å²) in [5, 5.41) is 2.91. The van der Waals surface area contributed by atoms with Crippen LogP contribution in [0.25, 0.3) is 0 Å². The first kappa shape index (κ1) is 15.3. The summed E-state index contributed by atoms with van der Waals surface area (Å²) in [6, 6.07) is 14.2. The average molecular weight is 313 g/mol. The van der Waals surface area contributed by atoms with Crippen LogP contribution in [0.5, 0.6) is 0 Å². The molecule has 5 heteroatoms. The number of urea groups is 1. The fourth-order valence-corrected chi connectivity index (χ4v) is 2.68. The molecule has 1 heterocycles. The van der Waals surface area contributed by atoms with Crippen LogP contribution in [0.1, 0.15) is 5.56 Å². The van der Waals surface area contributed by atoms with Crippen molar-refractivity contribution in [2.45, 2.75) is 6.92 Å². The fraction of sp³-hybridized carbons (Fsp3) is 0.278. The number of amides is 2. The molecule has 1 N–H and O–H groups in total. The molecule has 2 aromatic carbocycles. The van der Waals surface area contributed by atoms with Crippen molar-refractivity contribution in [1.29, 1.82) is 0 Å². The van der Waals surface area contributed by atoms with E-state index in [1.165, 1.54) is 12.1 Å². The van der Waals surface area contributed by atoms with Gasteiger partial charge < -0.3 is 15.1 Å². The van der Waals surface area contributed by atoms with Gasteiger partial charge in [-0.15, -0.1) is 0 Å². The first-order valence-electron chi connectivity index (χ1n) is 7.75. The summed E-state index contributed by atoms with van der Waals surface area (Å²) >= 11 is 0. The number of carbonyl (C=O) groups excluding carboxylic acids is 1. The molecule has 2 aromatic rings. The zero-order valence-corrected chi connectivity index (χ0v) is 13.1. The van der Waals surface area contributed by atoms with Crippen LogP contribution in [0.15, 0.2) is 48.5 Å². The van der Waals surface area contributed by atoms with Crippen LogP contribution in [-0.4, -0.2) is 37.1 Å². The van der Waals surface area contributed by atoms with Crippen molar-refractivity contribution in [2.75, 3.05) is 36.4 Å². The number of rotatable bonds is 2. The third kappa shape index (κ3) is 3.80. The molecule has 3 rings (SSSR count). The minimum Gasteiger partial charge on any atom is -0.368 e. The van der Waals surface area contributed by atoms with Gasteiger partial charge in [-0.05, 0) is 37.3 Å². The van der Waals surface area contributed by atoms with E-state index in [1.807, 2.05) is 37.3 Å². The number of carbonyl (C=O) groups is 1. The van der Waals surface area contributed by atoms with Gasteiger partial charge in [-0.3, -0.25) is 0 Å². The Bertz CT molecular complexity index is 679. The lowest BCUT2D eigenvalue weighted by Crippen LogP contribution is -2.50. The Kier molecular flexibility index (Phi) is 4.46. The number of hydrogen-bond acceptors (Lipinski definition) is 2. The van der Waals surface area contributed by atoms with E-state index in [-0.39, 0.29) is 11.8 Å². The van der Waals surface area contributed by atoms with Crippen LogP contribution in [0.2, 0.25) is 0 Å². The van der Waals surface area contributed by atoms with Gasteiger partial charge in [-0.1, -0.05) is 23.8 Å². The van der Waals surface area contributed by atoms with E-state index < -0.39 is 0 Å². The van der Waals surface area contributed by atoms with E-state index in [0.29, 0.717) is 26.2 Å². The Hall–Kier alpha value is -2.56. The lowest BCUT2D eigenvalue weighted by Gasteiger charge is -2.36. The van der Waals surface area contributed by atoms with Gasteiger partial charge in [-0.25, -0.2) is 9.18 Å². The quantitative estimate of drug-likeness (QED) is 0.921. The van der Waals surface area contributed by atoms with Crippen LogP contribution in [-0.2, 0) is 0 Å².